The van der Waals surface area contributed by atoms with Crippen molar-refractivity contribution in [2.75, 3.05) is 6.54 Å². The normalized spacial score (nSPS) is 25.8. The van der Waals surface area contributed by atoms with Gasteiger partial charge in [0.25, 0.3) is 0 Å². The van der Waals surface area contributed by atoms with Gasteiger partial charge in [-0.15, -0.1) is 0 Å². The van der Waals surface area contributed by atoms with Gasteiger partial charge in [-0.3, -0.25) is 4.79 Å². The molecule has 1 heterocycles. The van der Waals surface area contributed by atoms with Crippen LogP contribution >= 0.6 is 0 Å². The van der Waals surface area contributed by atoms with Gasteiger partial charge in [-0.05, 0) is 60.6 Å². The molecular weight excluding hydrogens is 308 g/mol. The molecule has 0 bridgehead atoms. The molecule has 3 atom stereocenters. The van der Waals surface area contributed by atoms with Crippen molar-refractivity contribution in [1.82, 2.24) is 4.90 Å². The van der Waals surface area contributed by atoms with E-state index in [0.717, 1.165) is 36.9 Å². The maximum Gasteiger partial charge on any atom is 0.226 e. The molecule has 1 saturated heterocycles. The summed E-state index contributed by atoms with van der Waals surface area (Å²) in [5.74, 6) is -0.133. The van der Waals surface area contributed by atoms with Crippen molar-refractivity contribution in [2.24, 2.45) is 5.92 Å². The van der Waals surface area contributed by atoms with Crippen LogP contribution in [0.15, 0.2) is 48.5 Å². The summed E-state index contributed by atoms with van der Waals surface area (Å²) in [6, 6.07) is 12.9. The first-order valence-electron chi connectivity index (χ1n) is 8.45. The Morgan fingerprint density at radius 1 is 0.917 bits per heavy atom. The Balaban J connectivity index is 1.48. The minimum atomic E-state index is -0.256. The van der Waals surface area contributed by atoms with Crippen molar-refractivity contribution < 1.29 is 13.6 Å². The molecule has 3 unspecified atom stereocenters. The van der Waals surface area contributed by atoms with E-state index in [2.05, 4.69) is 0 Å². The van der Waals surface area contributed by atoms with Gasteiger partial charge in [0.15, 0.2) is 0 Å². The van der Waals surface area contributed by atoms with Crippen LogP contribution in [0.3, 0.4) is 0 Å². The van der Waals surface area contributed by atoms with Gasteiger partial charge < -0.3 is 4.90 Å². The smallest absolute Gasteiger partial charge is 0.226 e. The fraction of sp³-hybridized carbons (Fsp3) is 0.350. The van der Waals surface area contributed by atoms with Crippen LogP contribution in [0.25, 0.3) is 0 Å². The van der Waals surface area contributed by atoms with E-state index in [9.17, 15) is 13.6 Å². The summed E-state index contributed by atoms with van der Waals surface area (Å²) in [6.45, 7) is 0.757. The summed E-state index contributed by atoms with van der Waals surface area (Å²) in [6.07, 6.45) is 2.73. The summed E-state index contributed by atoms with van der Waals surface area (Å²) in [7, 11) is 0. The van der Waals surface area contributed by atoms with Gasteiger partial charge >= 0.3 is 0 Å². The predicted molar refractivity (Wildman–Crippen MR) is 87.3 cm³/mol. The zero-order valence-corrected chi connectivity index (χ0v) is 13.3. The Morgan fingerprint density at radius 2 is 1.50 bits per heavy atom. The molecule has 0 aromatic heterocycles. The third kappa shape index (κ3) is 2.81. The third-order valence-corrected chi connectivity index (χ3v) is 5.20. The van der Waals surface area contributed by atoms with Crippen LogP contribution in [0.4, 0.5) is 8.78 Å². The van der Waals surface area contributed by atoms with E-state index < -0.39 is 0 Å². The highest BCUT2D eigenvalue weighted by Gasteiger charge is 2.47. The van der Waals surface area contributed by atoms with Gasteiger partial charge in [-0.1, -0.05) is 24.3 Å². The molecule has 2 aromatic rings. The molecule has 4 heteroatoms. The second-order valence-corrected chi connectivity index (χ2v) is 6.74. The van der Waals surface area contributed by atoms with Gasteiger partial charge in [0, 0.05) is 12.5 Å². The lowest BCUT2D eigenvalue weighted by Crippen LogP contribution is -2.32. The van der Waals surface area contributed by atoms with E-state index >= 15 is 0 Å². The number of amides is 1. The van der Waals surface area contributed by atoms with E-state index in [1.165, 1.54) is 24.3 Å². The molecule has 2 fully saturated rings. The average Bonchev–Trinajstić information content (AvgIpc) is 3.24. The predicted octanol–water partition coefficient (Wildman–Crippen LogP) is 4.43. The largest absolute Gasteiger partial charge is 0.335 e. The molecule has 0 N–H and O–H groups in total. The highest BCUT2D eigenvalue weighted by Crippen LogP contribution is 2.50. The quantitative estimate of drug-likeness (QED) is 0.816. The SMILES string of the molecule is O=C(C1CC1c1ccc(F)cc1)N1CCCC1c1ccc(F)cc1. The van der Waals surface area contributed by atoms with E-state index in [0.29, 0.717) is 0 Å². The Bertz CT molecular complexity index is 741. The zero-order chi connectivity index (χ0) is 16.7. The number of halogens is 2. The lowest BCUT2D eigenvalue weighted by Gasteiger charge is -2.25. The highest BCUT2D eigenvalue weighted by atomic mass is 19.1. The number of carbonyl (C=O) groups excluding carboxylic acids is 1. The van der Waals surface area contributed by atoms with Gasteiger partial charge in [-0.2, -0.15) is 0 Å². The van der Waals surface area contributed by atoms with Crippen LogP contribution < -0.4 is 0 Å². The maximum atomic E-state index is 13.1. The molecule has 0 spiro atoms. The molecular formula is C20H19F2NO. The summed E-state index contributed by atoms with van der Waals surface area (Å²) in [5, 5.41) is 0. The monoisotopic (exact) mass is 327 g/mol. The van der Waals surface area contributed by atoms with Crippen LogP contribution in [0.2, 0.25) is 0 Å². The van der Waals surface area contributed by atoms with E-state index in [4.69, 9.17) is 0 Å². The second-order valence-electron chi connectivity index (χ2n) is 6.74. The first kappa shape index (κ1) is 15.3. The molecule has 4 rings (SSSR count). The number of hydrogen-bond acceptors (Lipinski definition) is 1. The summed E-state index contributed by atoms with van der Waals surface area (Å²) < 4.78 is 26.2. The zero-order valence-electron chi connectivity index (χ0n) is 13.3. The topological polar surface area (TPSA) is 20.3 Å². The number of benzene rings is 2. The van der Waals surface area contributed by atoms with Crippen molar-refractivity contribution in [2.45, 2.75) is 31.2 Å². The summed E-state index contributed by atoms with van der Waals surface area (Å²) in [4.78, 5) is 14.8. The van der Waals surface area contributed by atoms with Crippen molar-refractivity contribution in [3.8, 4) is 0 Å². The average molecular weight is 327 g/mol. The van der Waals surface area contributed by atoms with Crippen molar-refractivity contribution in [3.05, 3.63) is 71.3 Å². The van der Waals surface area contributed by atoms with Crippen LogP contribution in [0, 0.1) is 17.6 Å². The summed E-state index contributed by atoms with van der Waals surface area (Å²) in [5.41, 5.74) is 2.04. The standard InChI is InChI=1S/C20H19F2NO/c21-15-7-3-13(4-8-15)17-12-18(17)20(24)23-11-1-2-19(23)14-5-9-16(22)10-6-14/h3-10,17-19H,1-2,11-12H2. The van der Waals surface area contributed by atoms with E-state index in [1.807, 2.05) is 4.90 Å². The Morgan fingerprint density at radius 3 is 2.12 bits per heavy atom. The van der Waals surface area contributed by atoms with Crippen molar-refractivity contribution in [1.29, 1.82) is 0 Å². The lowest BCUT2D eigenvalue weighted by atomic mass is 10.0. The minimum Gasteiger partial charge on any atom is -0.335 e. The summed E-state index contributed by atoms with van der Waals surface area (Å²) >= 11 is 0. The van der Waals surface area contributed by atoms with E-state index in [1.54, 1.807) is 24.3 Å². The molecule has 1 aliphatic carbocycles. The number of nitrogens with zero attached hydrogens (tertiary/aromatic N) is 1. The Hall–Kier alpha value is -2.23. The van der Waals surface area contributed by atoms with Crippen LogP contribution in [-0.4, -0.2) is 17.4 Å². The molecule has 2 aliphatic rings. The molecule has 1 amide bonds. The first-order valence-corrected chi connectivity index (χ1v) is 8.45. The number of hydrogen-bond donors (Lipinski definition) is 0. The molecule has 2 nitrogen and oxygen atoms in total. The number of likely N-dealkylation sites (tertiary alicyclic amines) is 1. The van der Waals surface area contributed by atoms with Crippen LogP contribution in [-0.2, 0) is 4.79 Å². The third-order valence-electron chi connectivity index (χ3n) is 5.20. The first-order chi connectivity index (χ1) is 11.6. The Kier molecular flexibility index (Phi) is 3.83. The van der Waals surface area contributed by atoms with E-state index in [-0.39, 0.29) is 35.4 Å². The van der Waals surface area contributed by atoms with Gasteiger partial charge in [0.05, 0.1) is 6.04 Å². The van der Waals surface area contributed by atoms with Gasteiger partial charge in [0.1, 0.15) is 11.6 Å². The van der Waals surface area contributed by atoms with Gasteiger partial charge in [0.2, 0.25) is 5.91 Å². The molecule has 1 saturated carbocycles. The highest BCUT2D eigenvalue weighted by molar-refractivity contribution is 5.83. The van der Waals surface area contributed by atoms with Crippen LogP contribution in [0.1, 0.15) is 42.3 Å². The minimum absolute atomic E-state index is 0.00323. The number of carbonyl (C=O) groups is 1. The lowest BCUT2D eigenvalue weighted by molar-refractivity contribution is -0.133. The molecule has 1 aliphatic heterocycles. The molecule has 2 aromatic carbocycles. The van der Waals surface area contributed by atoms with Crippen molar-refractivity contribution >= 4 is 5.91 Å². The van der Waals surface area contributed by atoms with Crippen LogP contribution in [0.5, 0.6) is 0 Å². The van der Waals surface area contributed by atoms with Gasteiger partial charge in [-0.25, -0.2) is 8.78 Å². The molecule has 0 radical (unpaired) electrons. The van der Waals surface area contributed by atoms with Crippen molar-refractivity contribution in [3.63, 3.8) is 0 Å². The number of rotatable bonds is 3. The maximum absolute atomic E-state index is 13.1. The fourth-order valence-corrected chi connectivity index (χ4v) is 3.82. The molecule has 124 valence electrons. The Labute approximate surface area is 140 Å². The fourth-order valence-electron chi connectivity index (χ4n) is 3.82. The second kappa shape index (κ2) is 6.00. The molecule has 24 heavy (non-hydrogen) atoms.